The van der Waals surface area contributed by atoms with Crippen molar-refractivity contribution in [3.63, 3.8) is 0 Å². The average molecular weight is 555 g/mol. The summed E-state index contributed by atoms with van der Waals surface area (Å²) < 4.78 is 30.8. The van der Waals surface area contributed by atoms with Gasteiger partial charge in [-0.1, -0.05) is 0 Å². The predicted molar refractivity (Wildman–Crippen MR) is 148 cm³/mol. The van der Waals surface area contributed by atoms with Gasteiger partial charge in [-0.3, -0.25) is 9.59 Å². The minimum absolute atomic E-state index is 0.188. The van der Waals surface area contributed by atoms with Gasteiger partial charge in [0.25, 0.3) is 0 Å². The molecular formula is C21H50O7Si5. The Morgan fingerprint density at radius 2 is 0.879 bits per heavy atom. The lowest BCUT2D eigenvalue weighted by molar-refractivity contribution is -0.153. The zero-order valence-electron chi connectivity index (χ0n) is 23.8. The Bertz CT molecular complexity index is 652. The van der Waals surface area contributed by atoms with Crippen LogP contribution in [0.2, 0.25) is 98.2 Å². The number of hydrogen-bond acceptors (Lipinski definition) is 7. The van der Waals surface area contributed by atoms with Gasteiger partial charge in [0.2, 0.25) is 16.6 Å². The molecule has 0 aliphatic rings. The molecule has 0 aliphatic carbocycles. The van der Waals surface area contributed by atoms with Crippen molar-refractivity contribution in [2.75, 3.05) is 0 Å². The van der Waals surface area contributed by atoms with Crippen LogP contribution < -0.4 is 0 Å². The lowest BCUT2D eigenvalue weighted by Crippen LogP contribution is -2.53. The third-order valence-corrected chi connectivity index (χ3v) is 8.16. The average Bonchev–Trinajstić information content (AvgIpc) is 2.44. The zero-order valence-corrected chi connectivity index (χ0v) is 28.8. The number of rotatable bonds is 13. The molecule has 0 aromatic heterocycles. The number of carbonyl (C=O) groups excluding carboxylic acids is 2. The van der Waals surface area contributed by atoms with E-state index in [1.807, 2.05) is 78.6 Å². The van der Waals surface area contributed by atoms with Crippen molar-refractivity contribution in [1.29, 1.82) is 0 Å². The van der Waals surface area contributed by atoms with Gasteiger partial charge < -0.3 is 22.1 Å². The smallest absolute Gasteiger partial charge is 0.323 e. The maximum atomic E-state index is 13.3. The molecule has 0 spiro atoms. The summed E-state index contributed by atoms with van der Waals surface area (Å²) in [5, 5.41) is 0. The van der Waals surface area contributed by atoms with E-state index in [0.29, 0.717) is 0 Å². The van der Waals surface area contributed by atoms with E-state index in [2.05, 4.69) is 19.6 Å². The normalized spacial score (nSPS) is 16.7. The first-order chi connectivity index (χ1) is 14.3. The van der Waals surface area contributed by atoms with Crippen LogP contribution in [-0.4, -0.2) is 71.8 Å². The first-order valence-corrected chi connectivity index (χ1v) is 28.8. The predicted octanol–water partition coefficient (Wildman–Crippen LogP) is 5.79. The maximum absolute atomic E-state index is 13.3. The highest BCUT2D eigenvalue weighted by Gasteiger charge is 2.43. The summed E-state index contributed by atoms with van der Waals surface area (Å²) in [5.41, 5.74) is 0. The molecule has 0 fully saturated rings. The molecule has 7 nitrogen and oxygen atoms in total. The minimum Gasteiger partial charge on any atom is -0.518 e. The molecule has 0 rings (SSSR count). The molecule has 196 valence electrons. The van der Waals surface area contributed by atoms with Crippen LogP contribution in [0.25, 0.3) is 0 Å². The van der Waals surface area contributed by atoms with Gasteiger partial charge in [0, 0.05) is 6.42 Å². The van der Waals surface area contributed by atoms with E-state index >= 15 is 0 Å². The van der Waals surface area contributed by atoms with Gasteiger partial charge in [0.05, 0.1) is 6.10 Å². The summed E-state index contributed by atoms with van der Waals surface area (Å²) >= 11 is 0. The third-order valence-electron chi connectivity index (χ3n) is 3.57. The summed E-state index contributed by atoms with van der Waals surface area (Å²) in [4.78, 5) is 26.5. The highest BCUT2D eigenvalue weighted by atomic mass is 28.4. The van der Waals surface area contributed by atoms with Crippen molar-refractivity contribution in [3.05, 3.63) is 0 Å². The van der Waals surface area contributed by atoms with Crippen LogP contribution in [0, 0.1) is 0 Å². The molecule has 1 unspecified atom stereocenters. The Morgan fingerprint density at radius 3 is 1.21 bits per heavy atom. The largest absolute Gasteiger partial charge is 0.518 e. The molecule has 0 bridgehead atoms. The monoisotopic (exact) mass is 554 g/mol. The fourth-order valence-electron chi connectivity index (χ4n) is 2.90. The van der Waals surface area contributed by atoms with E-state index in [9.17, 15) is 9.59 Å². The van der Waals surface area contributed by atoms with Crippen molar-refractivity contribution in [2.45, 2.75) is 123 Å². The summed E-state index contributed by atoms with van der Waals surface area (Å²) in [7, 11) is -10.7. The fraction of sp³-hybridized carbons (Fsp3) is 0.905. The molecular weight excluding hydrogens is 505 g/mol. The maximum Gasteiger partial charge on any atom is 0.323 e. The summed E-state index contributed by atoms with van der Waals surface area (Å²) in [5.74, 6) is -0.795. The number of carbonyl (C=O) groups is 2. The van der Waals surface area contributed by atoms with E-state index in [0.717, 1.165) is 0 Å². The van der Waals surface area contributed by atoms with Crippen molar-refractivity contribution in [1.82, 2.24) is 0 Å². The van der Waals surface area contributed by atoms with E-state index in [1.54, 1.807) is 0 Å². The van der Waals surface area contributed by atoms with Gasteiger partial charge in [0.15, 0.2) is 31.1 Å². The first kappa shape index (κ1) is 32.9. The van der Waals surface area contributed by atoms with Crippen molar-refractivity contribution in [2.24, 2.45) is 0 Å². The van der Waals surface area contributed by atoms with Crippen molar-refractivity contribution in [3.8, 4) is 0 Å². The molecule has 3 atom stereocenters. The minimum atomic E-state index is -2.16. The lowest BCUT2D eigenvalue weighted by atomic mass is 10.1. The van der Waals surface area contributed by atoms with Crippen LogP contribution in [0.15, 0.2) is 0 Å². The van der Waals surface area contributed by atoms with Crippen LogP contribution in [0.5, 0.6) is 0 Å². The molecule has 0 heterocycles. The standard InChI is InChI=1S/C21H50O7Si5/c1-29(2,3)24-17(19(26-31(7,8)9)21(23)28-33(13,14)15)16-18(25-30(4,5)6)20(22)27-32(10,11)12/h17-19H,16H2,1-15H3/t17-,18+,19?/m0/s1. The highest BCUT2D eigenvalue weighted by molar-refractivity contribution is 6.72. The molecule has 0 aliphatic heterocycles. The second kappa shape index (κ2) is 11.8. The van der Waals surface area contributed by atoms with Crippen LogP contribution in [0.1, 0.15) is 6.42 Å². The Kier molecular flexibility index (Phi) is 11.7. The summed E-state index contributed by atoms with van der Waals surface area (Å²) in [6, 6.07) is 0. The highest BCUT2D eigenvalue weighted by Crippen LogP contribution is 2.26. The van der Waals surface area contributed by atoms with Crippen molar-refractivity contribution < 1.29 is 31.7 Å². The molecule has 12 heteroatoms. The number of hydrogen-bond donors (Lipinski definition) is 0. The molecule has 0 saturated carbocycles. The SMILES string of the molecule is C[Si](C)(C)OC(=O)C(O[Si](C)(C)C)[C@H](C[C@@H](O[Si](C)(C)C)C(=O)O[Si](C)(C)C)O[Si](C)(C)C. The van der Waals surface area contributed by atoms with Crippen LogP contribution in [0.4, 0.5) is 0 Å². The topological polar surface area (TPSA) is 80.3 Å². The van der Waals surface area contributed by atoms with E-state index in [-0.39, 0.29) is 12.4 Å². The van der Waals surface area contributed by atoms with Crippen LogP contribution >= 0.6 is 0 Å². The van der Waals surface area contributed by atoms with Gasteiger partial charge in [-0.05, 0) is 98.2 Å². The fourth-order valence-corrected chi connectivity index (χ4v) is 7.54. The van der Waals surface area contributed by atoms with E-state index in [1.165, 1.54) is 0 Å². The lowest BCUT2D eigenvalue weighted by Gasteiger charge is -2.38. The van der Waals surface area contributed by atoms with Gasteiger partial charge in [-0.15, -0.1) is 0 Å². The Hall–Kier alpha value is -0.0956. The van der Waals surface area contributed by atoms with E-state index < -0.39 is 65.9 Å². The zero-order chi connectivity index (χ0) is 26.6. The molecule has 0 saturated heterocycles. The Balaban J connectivity index is 6.31. The third kappa shape index (κ3) is 17.1. The molecule has 0 aromatic rings. The molecule has 33 heavy (non-hydrogen) atoms. The Morgan fingerprint density at radius 1 is 0.515 bits per heavy atom. The van der Waals surface area contributed by atoms with E-state index in [4.69, 9.17) is 22.1 Å². The molecule has 0 amide bonds. The van der Waals surface area contributed by atoms with Gasteiger partial charge in [-0.25, -0.2) is 0 Å². The quantitative estimate of drug-likeness (QED) is 0.266. The Labute approximate surface area is 207 Å². The van der Waals surface area contributed by atoms with Crippen molar-refractivity contribution >= 4 is 53.5 Å². The second-order valence-electron chi connectivity index (χ2n) is 13.4. The second-order valence-corrected chi connectivity index (χ2v) is 35.7. The molecule has 0 aromatic carbocycles. The summed E-state index contributed by atoms with van der Waals surface area (Å²) in [6.07, 6.45) is -2.21. The van der Waals surface area contributed by atoms with Gasteiger partial charge in [0.1, 0.15) is 6.10 Å². The van der Waals surface area contributed by atoms with Crippen LogP contribution in [0.3, 0.4) is 0 Å². The molecule has 0 N–H and O–H groups in total. The first-order valence-electron chi connectivity index (χ1n) is 11.8. The van der Waals surface area contributed by atoms with Gasteiger partial charge >= 0.3 is 11.9 Å². The summed E-state index contributed by atoms with van der Waals surface area (Å²) in [6.45, 7) is 30.2. The molecule has 0 radical (unpaired) electrons. The van der Waals surface area contributed by atoms with Crippen LogP contribution in [-0.2, 0) is 31.7 Å². The van der Waals surface area contributed by atoms with Gasteiger partial charge in [-0.2, -0.15) is 0 Å².